The second-order valence-electron chi connectivity index (χ2n) is 5.16. The molecule has 2 aliphatic heterocycles. The van der Waals surface area contributed by atoms with Gasteiger partial charge in [0.25, 0.3) is 0 Å². The molecular weight excluding hydrogens is 252 g/mol. The number of aliphatic carboxylic acids is 1. The van der Waals surface area contributed by atoms with Crippen molar-refractivity contribution in [2.45, 2.75) is 31.6 Å². The van der Waals surface area contributed by atoms with Crippen molar-refractivity contribution in [3.63, 3.8) is 0 Å². The predicted octanol–water partition coefficient (Wildman–Crippen LogP) is 1.34. The largest absolute Gasteiger partial charge is 0.481 e. The summed E-state index contributed by atoms with van der Waals surface area (Å²) >= 11 is 1.90. The van der Waals surface area contributed by atoms with Crippen LogP contribution >= 0.6 is 11.8 Å². The zero-order valence-electron chi connectivity index (χ0n) is 10.8. The maximum Gasteiger partial charge on any atom is 0.320 e. The van der Waals surface area contributed by atoms with E-state index >= 15 is 0 Å². The van der Waals surface area contributed by atoms with Gasteiger partial charge in [-0.15, -0.1) is 0 Å². The number of hydrogen-bond donors (Lipinski definition) is 1. The van der Waals surface area contributed by atoms with E-state index in [9.17, 15) is 9.59 Å². The highest BCUT2D eigenvalue weighted by atomic mass is 32.2. The van der Waals surface area contributed by atoms with Crippen molar-refractivity contribution in [3.8, 4) is 0 Å². The molecular formula is C12H20N2O3S. The van der Waals surface area contributed by atoms with Crippen LogP contribution in [0.5, 0.6) is 0 Å². The van der Waals surface area contributed by atoms with Crippen LogP contribution in [0, 0.1) is 5.92 Å². The minimum Gasteiger partial charge on any atom is -0.481 e. The molecule has 2 fully saturated rings. The van der Waals surface area contributed by atoms with Gasteiger partial charge in [-0.05, 0) is 6.92 Å². The minimum absolute atomic E-state index is 0.0799. The van der Waals surface area contributed by atoms with Gasteiger partial charge in [0.05, 0.1) is 6.42 Å². The van der Waals surface area contributed by atoms with Gasteiger partial charge in [0.15, 0.2) is 0 Å². The maximum absolute atomic E-state index is 12.3. The first-order valence-corrected chi connectivity index (χ1v) is 7.43. The van der Waals surface area contributed by atoms with E-state index in [1.165, 1.54) is 0 Å². The summed E-state index contributed by atoms with van der Waals surface area (Å²) in [6.45, 7) is 6.22. The van der Waals surface area contributed by atoms with Crippen molar-refractivity contribution in [2.24, 2.45) is 5.92 Å². The van der Waals surface area contributed by atoms with Crippen molar-refractivity contribution in [1.29, 1.82) is 0 Å². The van der Waals surface area contributed by atoms with Crippen LogP contribution in [0.25, 0.3) is 0 Å². The quantitative estimate of drug-likeness (QED) is 0.824. The molecule has 0 aromatic carbocycles. The van der Waals surface area contributed by atoms with Crippen molar-refractivity contribution in [2.75, 3.05) is 25.4 Å². The Morgan fingerprint density at radius 3 is 2.61 bits per heavy atom. The molecule has 102 valence electrons. The SMILES string of the molecule is CC1SCCN(C(=O)N2CC(CC(=O)O)C2)C1C. The van der Waals surface area contributed by atoms with Crippen LogP contribution < -0.4 is 0 Å². The second-order valence-corrected chi connectivity index (χ2v) is 6.65. The van der Waals surface area contributed by atoms with E-state index < -0.39 is 5.97 Å². The van der Waals surface area contributed by atoms with E-state index in [1.807, 2.05) is 16.7 Å². The van der Waals surface area contributed by atoms with Crippen LogP contribution in [0.2, 0.25) is 0 Å². The third-order valence-corrected chi connectivity index (χ3v) is 5.16. The van der Waals surface area contributed by atoms with E-state index in [4.69, 9.17) is 5.11 Å². The number of amides is 2. The lowest BCUT2D eigenvalue weighted by molar-refractivity contribution is -0.139. The molecule has 2 saturated heterocycles. The Hall–Kier alpha value is -0.910. The Balaban J connectivity index is 1.84. The monoisotopic (exact) mass is 272 g/mol. The molecule has 0 saturated carbocycles. The van der Waals surface area contributed by atoms with E-state index in [2.05, 4.69) is 13.8 Å². The summed E-state index contributed by atoms with van der Waals surface area (Å²) in [5.74, 6) is 0.353. The van der Waals surface area contributed by atoms with Gasteiger partial charge in [-0.2, -0.15) is 11.8 Å². The maximum atomic E-state index is 12.3. The number of carboxylic acids is 1. The predicted molar refractivity (Wildman–Crippen MR) is 70.8 cm³/mol. The number of thioether (sulfide) groups is 1. The number of nitrogens with zero attached hydrogens (tertiary/aromatic N) is 2. The highest BCUT2D eigenvalue weighted by Crippen LogP contribution is 2.27. The molecule has 6 heteroatoms. The zero-order chi connectivity index (χ0) is 13.3. The first-order chi connectivity index (χ1) is 8.49. The van der Waals surface area contributed by atoms with E-state index in [1.54, 1.807) is 4.90 Å². The molecule has 0 aromatic rings. The molecule has 0 radical (unpaired) electrons. The fourth-order valence-electron chi connectivity index (χ4n) is 2.49. The van der Waals surface area contributed by atoms with Gasteiger partial charge in [0, 0.05) is 42.6 Å². The Morgan fingerprint density at radius 1 is 1.33 bits per heavy atom. The molecule has 2 rings (SSSR count). The van der Waals surface area contributed by atoms with Gasteiger partial charge >= 0.3 is 12.0 Å². The average molecular weight is 272 g/mol. The second kappa shape index (κ2) is 5.38. The average Bonchev–Trinajstić information content (AvgIpc) is 2.25. The molecule has 0 spiro atoms. The molecule has 0 bridgehead atoms. The Morgan fingerprint density at radius 2 is 2.00 bits per heavy atom. The van der Waals surface area contributed by atoms with Crippen LogP contribution in [0.4, 0.5) is 4.79 Å². The van der Waals surface area contributed by atoms with Crippen molar-refractivity contribution in [1.82, 2.24) is 9.80 Å². The number of urea groups is 1. The molecule has 2 aliphatic rings. The third-order valence-electron chi connectivity index (χ3n) is 3.82. The van der Waals surface area contributed by atoms with E-state index in [-0.39, 0.29) is 24.4 Å². The van der Waals surface area contributed by atoms with Gasteiger partial charge in [0.1, 0.15) is 0 Å². The van der Waals surface area contributed by atoms with Gasteiger partial charge in [-0.25, -0.2) is 4.79 Å². The summed E-state index contributed by atoms with van der Waals surface area (Å²) in [5, 5.41) is 9.15. The normalized spacial score (nSPS) is 29.0. The lowest BCUT2D eigenvalue weighted by atomic mass is 9.97. The fraction of sp³-hybridized carbons (Fsp3) is 0.833. The number of carbonyl (C=O) groups is 2. The highest BCUT2D eigenvalue weighted by molar-refractivity contribution is 8.00. The Bertz CT molecular complexity index is 344. The molecule has 0 aromatic heterocycles. The first-order valence-electron chi connectivity index (χ1n) is 6.38. The molecule has 18 heavy (non-hydrogen) atoms. The molecule has 1 N–H and O–H groups in total. The highest BCUT2D eigenvalue weighted by Gasteiger charge is 2.37. The molecule has 2 unspecified atom stereocenters. The molecule has 2 atom stereocenters. The van der Waals surface area contributed by atoms with Crippen LogP contribution in [0.3, 0.4) is 0 Å². The van der Waals surface area contributed by atoms with Crippen molar-refractivity contribution >= 4 is 23.8 Å². The lowest BCUT2D eigenvalue weighted by Gasteiger charge is -2.45. The number of likely N-dealkylation sites (tertiary alicyclic amines) is 1. The van der Waals surface area contributed by atoms with E-state index in [0.29, 0.717) is 18.3 Å². The number of carboxylic acid groups (broad SMARTS) is 1. The van der Waals surface area contributed by atoms with Gasteiger partial charge < -0.3 is 14.9 Å². The molecule has 5 nitrogen and oxygen atoms in total. The summed E-state index contributed by atoms with van der Waals surface area (Å²) in [4.78, 5) is 26.5. The first kappa shape index (κ1) is 13.5. The van der Waals surface area contributed by atoms with Gasteiger partial charge in [-0.1, -0.05) is 6.92 Å². The summed E-state index contributed by atoms with van der Waals surface area (Å²) < 4.78 is 0. The topological polar surface area (TPSA) is 60.9 Å². The summed E-state index contributed by atoms with van der Waals surface area (Å²) in [6.07, 6.45) is 0.172. The standard InChI is InChI=1S/C12H20N2O3S/c1-8-9(2)18-4-3-14(8)12(17)13-6-10(7-13)5-11(15)16/h8-10H,3-7H2,1-2H3,(H,15,16). The van der Waals surface area contributed by atoms with Gasteiger partial charge in [0.2, 0.25) is 0 Å². The Kier molecular flexibility index (Phi) is 4.04. The van der Waals surface area contributed by atoms with E-state index in [0.717, 1.165) is 12.3 Å². The number of carbonyl (C=O) groups excluding carboxylic acids is 1. The molecule has 0 aliphatic carbocycles. The van der Waals surface area contributed by atoms with Crippen molar-refractivity contribution < 1.29 is 14.7 Å². The molecule has 2 amide bonds. The molecule has 2 heterocycles. The third kappa shape index (κ3) is 2.74. The number of hydrogen-bond acceptors (Lipinski definition) is 3. The summed E-state index contributed by atoms with van der Waals surface area (Å²) in [7, 11) is 0. The Labute approximate surface area is 112 Å². The summed E-state index contributed by atoms with van der Waals surface area (Å²) in [6, 6.07) is 0.339. The van der Waals surface area contributed by atoms with Crippen LogP contribution in [0.1, 0.15) is 20.3 Å². The zero-order valence-corrected chi connectivity index (χ0v) is 11.7. The number of rotatable bonds is 2. The smallest absolute Gasteiger partial charge is 0.320 e. The van der Waals surface area contributed by atoms with Crippen LogP contribution in [0.15, 0.2) is 0 Å². The summed E-state index contributed by atoms with van der Waals surface area (Å²) in [5.41, 5.74) is 0. The van der Waals surface area contributed by atoms with Crippen molar-refractivity contribution in [3.05, 3.63) is 0 Å². The minimum atomic E-state index is -0.775. The van der Waals surface area contributed by atoms with Crippen LogP contribution in [-0.2, 0) is 4.79 Å². The lowest BCUT2D eigenvalue weighted by Crippen LogP contribution is -2.59. The fourth-order valence-corrected chi connectivity index (χ4v) is 3.59. The van der Waals surface area contributed by atoms with Crippen LogP contribution in [-0.4, -0.2) is 63.6 Å². The van der Waals surface area contributed by atoms with Gasteiger partial charge in [-0.3, -0.25) is 4.79 Å².